The van der Waals surface area contributed by atoms with E-state index >= 15 is 0 Å². The monoisotopic (exact) mass is 192 g/mol. The lowest BCUT2D eigenvalue weighted by Crippen LogP contribution is -2.30. The molecule has 0 unspecified atom stereocenters. The van der Waals surface area contributed by atoms with Crippen LogP contribution in [-0.2, 0) is 9.84 Å². The van der Waals surface area contributed by atoms with Gasteiger partial charge in [0.15, 0.2) is 0 Å². The molecule has 72 valence electrons. The van der Waals surface area contributed by atoms with Crippen LogP contribution >= 0.6 is 0 Å². The highest BCUT2D eigenvalue weighted by Crippen LogP contribution is 2.06. The standard InChI is InChI=1S/C7H16N2O2S/c1-12(10,11)5-4-9-3-2-7(8)6-9/h7H,2-6,8H2,1H3/t7-/m0/s1. The second kappa shape index (κ2) is 3.72. The van der Waals surface area contributed by atoms with Crippen molar-refractivity contribution < 1.29 is 8.42 Å². The van der Waals surface area contributed by atoms with Gasteiger partial charge in [-0.2, -0.15) is 0 Å². The van der Waals surface area contributed by atoms with Gasteiger partial charge in [0.05, 0.1) is 5.75 Å². The van der Waals surface area contributed by atoms with Crippen molar-refractivity contribution in [1.82, 2.24) is 4.90 Å². The average Bonchev–Trinajstić information content (AvgIpc) is 2.30. The van der Waals surface area contributed by atoms with Gasteiger partial charge in [0.25, 0.3) is 0 Å². The Morgan fingerprint density at radius 2 is 2.25 bits per heavy atom. The Hall–Kier alpha value is -0.130. The first kappa shape index (κ1) is 9.95. The molecule has 0 radical (unpaired) electrons. The molecule has 0 amide bonds. The quantitative estimate of drug-likeness (QED) is 0.627. The van der Waals surface area contributed by atoms with E-state index < -0.39 is 9.84 Å². The Morgan fingerprint density at radius 3 is 2.67 bits per heavy atom. The van der Waals surface area contributed by atoms with Gasteiger partial charge in [-0.25, -0.2) is 8.42 Å². The first-order chi connectivity index (χ1) is 5.47. The van der Waals surface area contributed by atoms with Crippen LogP contribution in [0.4, 0.5) is 0 Å². The van der Waals surface area contributed by atoms with Crippen LogP contribution in [0.5, 0.6) is 0 Å². The fourth-order valence-electron chi connectivity index (χ4n) is 1.36. The number of sulfone groups is 1. The number of likely N-dealkylation sites (tertiary alicyclic amines) is 1. The van der Waals surface area contributed by atoms with Gasteiger partial charge in [0, 0.05) is 25.4 Å². The summed E-state index contributed by atoms with van der Waals surface area (Å²) in [5.41, 5.74) is 5.67. The fraction of sp³-hybridized carbons (Fsp3) is 1.00. The Bertz CT molecular complexity index is 238. The molecule has 1 aliphatic rings. The smallest absolute Gasteiger partial charge is 0.148 e. The molecular formula is C7H16N2O2S. The molecule has 0 aliphatic carbocycles. The summed E-state index contributed by atoms with van der Waals surface area (Å²) in [4.78, 5) is 2.10. The lowest BCUT2D eigenvalue weighted by molar-refractivity contribution is 0.354. The van der Waals surface area contributed by atoms with E-state index in [0.29, 0.717) is 6.54 Å². The maximum Gasteiger partial charge on any atom is 0.148 e. The van der Waals surface area contributed by atoms with Gasteiger partial charge in [0.2, 0.25) is 0 Å². The summed E-state index contributed by atoms with van der Waals surface area (Å²) >= 11 is 0. The maximum absolute atomic E-state index is 10.8. The molecule has 1 rings (SSSR count). The van der Waals surface area contributed by atoms with Crippen LogP contribution in [-0.4, -0.2) is 51.0 Å². The number of hydrogen-bond donors (Lipinski definition) is 1. The molecule has 0 aromatic carbocycles. The van der Waals surface area contributed by atoms with E-state index in [1.165, 1.54) is 6.26 Å². The summed E-state index contributed by atoms with van der Waals surface area (Å²) in [6.45, 7) is 2.42. The summed E-state index contributed by atoms with van der Waals surface area (Å²) < 4.78 is 21.6. The van der Waals surface area contributed by atoms with Gasteiger partial charge in [-0.15, -0.1) is 0 Å². The minimum absolute atomic E-state index is 0.240. The lowest BCUT2D eigenvalue weighted by Gasteiger charge is -2.13. The fourth-order valence-corrected chi connectivity index (χ4v) is 1.95. The molecule has 4 nitrogen and oxygen atoms in total. The summed E-state index contributed by atoms with van der Waals surface area (Å²) in [7, 11) is -2.81. The highest BCUT2D eigenvalue weighted by Gasteiger charge is 2.19. The Labute approximate surface area is 73.6 Å². The first-order valence-electron chi connectivity index (χ1n) is 4.13. The molecule has 12 heavy (non-hydrogen) atoms. The predicted octanol–water partition coefficient (Wildman–Crippen LogP) is -0.936. The SMILES string of the molecule is CS(=O)(=O)CCN1CC[C@H](N)C1. The molecule has 1 fully saturated rings. The topological polar surface area (TPSA) is 63.4 Å². The minimum Gasteiger partial charge on any atom is -0.326 e. The zero-order valence-electron chi connectivity index (χ0n) is 7.36. The van der Waals surface area contributed by atoms with Crippen LogP contribution in [0.2, 0.25) is 0 Å². The van der Waals surface area contributed by atoms with Crippen molar-refractivity contribution in [3.8, 4) is 0 Å². The molecular weight excluding hydrogens is 176 g/mol. The summed E-state index contributed by atoms with van der Waals surface area (Å²) in [6.07, 6.45) is 2.26. The van der Waals surface area contributed by atoms with Crippen LogP contribution in [0.15, 0.2) is 0 Å². The molecule has 0 aromatic rings. The van der Waals surface area contributed by atoms with Crippen molar-refractivity contribution in [1.29, 1.82) is 0 Å². The molecule has 5 heteroatoms. The van der Waals surface area contributed by atoms with Gasteiger partial charge in [-0.3, -0.25) is 0 Å². The van der Waals surface area contributed by atoms with E-state index in [0.717, 1.165) is 19.5 Å². The number of rotatable bonds is 3. The first-order valence-corrected chi connectivity index (χ1v) is 6.19. The van der Waals surface area contributed by atoms with Crippen molar-refractivity contribution in [3.05, 3.63) is 0 Å². The molecule has 1 heterocycles. The lowest BCUT2D eigenvalue weighted by atomic mass is 10.3. The van der Waals surface area contributed by atoms with Crippen molar-refractivity contribution in [2.24, 2.45) is 5.73 Å². The molecule has 2 N–H and O–H groups in total. The molecule has 1 aliphatic heterocycles. The van der Waals surface area contributed by atoms with Gasteiger partial charge >= 0.3 is 0 Å². The predicted molar refractivity (Wildman–Crippen MR) is 48.7 cm³/mol. The van der Waals surface area contributed by atoms with Gasteiger partial charge < -0.3 is 10.6 Å². The third-order valence-corrected chi connectivity index (χ3v) is 3.01. The zero-order chi connectivity index (χ0) is 9.19. The second-order valence-corrected chi connectivity index (χ2v) is 5.74. The summed E-state index contributed by atoms with van der Waals surface area (Å²) in [6, 6.07) is 0.240. The summed E-state index contributed by atoms with van der Waals surface area (Å²) in [5.74, 6) is 0.250. The number of nitrogens with zero attached hydrogens (tertiary/aromatic N) is 1. The van der Waals surface area contributed by atoms with E-state index in [-0.39, 0.29) is 11.8 Å². The highest BCUT2D eigenvalue weighted by molar-refractivity contribution is 7.90. The van der Waals surface area contributed by atoms with Crippen LogP contribution in [0.1, 0.15) is 6.42 Å². The number of nitrogens with two attached hydrogens (primary N) is 1. The summed E-state index contributed by atoms with van der Waals surface area (Å²) in [5, 5.41) is 0. The molecule has 0 spiro atoms. The third-order valence-electron chi connectivity index (χ3n) is 2.09. The van der Waals surface area contributed by atoms with E-state index in [4.69, 9.17) is 5.73 Å². The minimum atomic E-state index is -2.81. The Morgan fingerprint density at radius 1 is 1.58 bits per heavy atom. The molecule has 0 aromatic heterocycles. The molecule has 0 bridgehead atoms. The average molecular weight is 192 g/mol. The molecule has 1 saturated heterocycles. The maximum atomic E-state index is 10.8. The number of hydrogen-bond acceptors (Lipinski definition) is 4. The zero-order valence-corrected chi connectivity index (χ0v) is 8.18. The largest absolute Gasteiger partial charge is 0.326 e. The highest BCUT2D eigenvalue weighted by atomic mass is 32.2. The van der Waals surface area contributed by atoms with Crippen LogP contribution in [0.3, 0.4) is 0 Å². The van der Waals surface area contributed by atoms with E-state index in [2.05, 4.69) is 4.90 Å². The van der Waals surface area contributed by atoms with Crippen molar-refractivity contribution in [3.63, 3.8) is 0 Å². The van der Waals surface area contributed by atoms with Gasteiger partial charge in [0.1, 0.15) is 9.84 Å². The van der Waals surface area contributed by atoms with Crippen LogP contribution in [0.25, 0.3) is 0 Å². The van der Waals surface area contributed by atoms with Gasteiger partial charge in [-0.05, 0) is 13.0 Å². The van der Waals surface area contributed by atoms with E-state index in [1.54, 1.807) is 0 Å². The van der Waals surface area contributed by atoms with Crippen LogP contribution in [0, 0.1) is 0 Å². The van der Waals surface area contributed by atoms with E-state index in [9.17, 15) is 8.42 Å². The molecule has 1 atom stereocenters. The Balaban J connectivity index is 2.25. The normalized spacial score (nSPS) is 26.3. The third kappa shape index (κ3) is 3.51. The Kier molecular flexibility index (Phi) is 3.09. The van der Waals surface area contributed by atoms with E-state index in [1.807, 2.05) is 0 Å². The van der Waals surface area contributed by atoms with Crippen molar-refractivity contribution >= 4 is 9.84 Å². The van der Waals surface area contributed by atoms with Crippen LogP contribution < -0.4 is 5.73 Å². The molecule has 0 saturated carbocycles. The second-order valence-electron chi connectivity index (χ2n) is 3.48. The van der Waals surface area contributed by atoms with Crippen molar-refractivity contribution in [2.45, 2.75) is 12.5 Å². The van der Waals surface area contributed by atoms with Crippen molar-refractivity contribution in [2.75, 3.05) is 31.6 Å². The van der Waals surface area contributed by atoms with Gasteiger partial charge in [-0.1, -0.05) is 0 Å².